The third-order valence-electron chi connectivity index (χ3n) is 5.23. The highest BCUT2D eigenvalue weighted by Crippen LogP contribution is 2.59. The smallest absolute Gasteiger partial charge is 0.223 e. The molecule has 0 radical (unpaired) electrons. The van der Waals surface area contributed by atoms with Gasteiger partial charge in [0.15, 0.2) is 0 Å². The van der Waals surface area contributed by atoms with Crippen LogP contribution in [0.2, 0.25) is 0 Å². The Kier molecular flexibility index (Phi) is 4.90. The maximum atomic E-state index is 12.4. The van der Waals surface area contributed by atoms with Crippen LogP contribution in [0.25, 0.3) is 0 Å². The van der Waals surface area contributed by atoms with E-state index in [9.17, 15) is 4.79 Å². The minimum absolute atomic E-state index is 0.193. The van der Waals surface area contributed by atoms with Crippen molar-refractivity contribution >= 4 is 5.91 Å². The van der Waals surface area contributed by atoms with Gasteiger partial charge < -0.3 is 14.8 Å². The first-order valence-electron chi connectivity index (χ1n) is 8.72. The number of aryl methyl sites for hydroxylation is 1. The molecule has 23 heavy (non-hydrogen) atoms. The monoisotopic (exact) mass is 317 g/mol. The summed E-state index contributed by atoms with van der Waals surface area (Å²) in [6, 6.07) is 6.09. The third kappa shape index (κ3) is 3.69. The molecule has 4 nitrogen and oxygen atoms in total. The first kappa shape index (κ1) is 16.3. The molecule has 0 aromatic heterocycles. The lowest BCUT2D eigenvalue weighted by molar-refractivity contribution is -0.123. The lowest BCUT2D eigenvalue weighted by Gasteiger charge is -2.22. The van der Waals surface area contributed by atoms with Crippen LogP contribution in [0.1, 0.15) is 43.7 Å². The second-order valence-corrected chi connectivity index (χ2v) is 6.89. The van der Waals surface area contributed by atoms with Gasteiger partial charge in [-0.05, 0) is 61.3 Å². The Morgan fingerprint density at radius 1 is 1.39 bits per heavy atom. The molecule has 1 saturated heterocycles. The molecule has 1 saturated carbocycles. The molecule has 1 atom stereocenters. The zero-order chi connectivity index (χ0) is 16.3. The minimum Gasteiger partial charge on any atom is -0.494 e. The molecule has 2 fully saturated rings. The third-order valence-corrected chi connectivity index (χ3v) is 5.23. The van der Waals surface area contributed by atoms with Crippen molar-refractivity contribution < 1.29 is 14.3 Å². The lowest BCUT2D eigenvalue weighted by atomic mass is 9.93. The second-order valence-electron chi connectivity index (χ2n) is 6.89. The molecule has 1 aliphatic carbocycles. The Morgan fingerprint density at radius 2 is 2.17 bits per heavy atom. The van der Waals surface area contributed by atoms with Gasteiger partial charge in [-0.3, -0.25) is 4.79 Å². The number of nitrogens with one attached hydrogen (secondary N) is 1. The Morgan fingerprint density at radius 3 is 2.87 bits per heavy atom. The van der Waals surface area contributed by atoms with Crippen molar-refractivity contribution in [2.24, 2.45) is 11.3 Å². The van der Waals surface area contributed by atoms with Crippen molar-refractivity contribution in [2.75, 3.05) is 19.8 Å². The Bertz CT molecular complexity index is 564. The van der Waals surface area contributed by atoms with Gasteiger partial charge in [-0.15, -0.1) is 0 Å². The summed E-state index contributed by atoms with van der Waals surface area (Å²) in [5.74, 6) is 1.30. The van der Waals surface area contributed by atoms with Gasteiger partial charge in [0.1, 0.15) is 5.75 Å². The van der Waals surface area contributed by atoms with Gasteiger partial charge in [0.05, 0.1) is 6.61 Å². The van der Waals surface area contributed by atoms with E-state index in [2.05, 4.69) is 25.2 Å². The maximum Gasteiger partial charge on any atom is 0.223 e. The van der Waals surface area contributed by atoms with Crippen LogP contribution in [0, 0.1) is 18.3 Å². The standard InChI is InChI=1S/C19H27NO3/c1-3-8-23-16-5-4-15(14(2)11-16)13-20-18(21)17-12-19(17)6-9-22-10-7-19/h4-5,11,17H,3,6-10,12-13H2,1-2H3,(H,20,21). The molecule has 1 N–H and O–H groups in total. The molecule has 126 valence electrons. The summed E-state index contributed by atoms with van der Waals surface area (Å²) < 4.78 is 11.1. The van der Waals surface area contributed by atoms with Crippen molar-refractivity contribution in [2.45, 2.75) is 46.1 Å². The van der Waals surface area contributed by atoms with Gasteiger partial charge >= 0.3 is 0 Å². The fraction of sp³-hybridized carbons (Fsp3) is 0.632. The van der Waals surface area contributed by atoms with Gasteiger partial charge in [-0.2, -0.15) is 0 Å². The van der Waals surface area contributed by atoms with E-state index in [1.54, 1.807) is 0 Å². The highest BCUT2D eigenvalue weighted by Gasteiger charge is 2.57. The summed E-state index contributed by atoms with van der Waals surface area (Å²) in [4.78, 5) is 12.4. The molecular weight excluding hydrogens is 290 g/mol. The normalized spacial score (nSPS) is 21.9. The molecular formula is C19H27NO3. The highest BCUT2D eigenvalue weighted by atomic mass is 16.5. The number of carbonyl (C=O) groups excluding carboxylic acids is 1. The maximum absolute atomic E-state index is 12.4. The quantitative estimate of drug-likeness (QED) is 0.876. The fourth-order valence-electron chi connectivity index (χ4n) is 3.53. The van der Waals surface area contributed by atoms with Crippen LogP contribution in [0.3, 0.4) is 0 Å². The average Bonchev–Trinajstić information content (AvgIpc) is 3.25. The van der Waals surface area contributed by atoms with Crippen LogP contribution in [0.15, 0.2) is 18.2 Å². The lowest BCUT2D eigenvalue weighted by Crippen LogP contribution is -2.29. The van der Waals surface area contributed by atoms with Crippen LogP contribution >= 0.6 is 0 Å². The summed E-state index contributed by atoms with van der Waals surface area (Å²) >= 11 is 0. The molecule has 1 amide bonds. The average molecular weight is 317 g/mol. The molecule has 1 spiro atoms. The van der Waals surface area contributed by atoms with Crippen molar-refractivity contribution in [3.05, 3.63) is 29.3 Å². The van der Waals surface area contributed by atoms with E-state index >= 15 is 0 Å². The number of rotatable bonds is 6. The molecule has 1 aromatic carbocycles. The summed E-state index contributed by atoms with van der Waals surface area (Å²) in [7, 11) is 0. The first-order valence-corrected chi connectivity index (χ1v) is 8.72. The first-order chi connectivity index (χ1) is 11.1. The van der Waals surface area contributed by atoms with E-state index in [1.165, 1.54) is 0 Å². The zero-order valence-corrected chi connectivity index (χ0v) is 14.2. The Labute approximate surface area is 138 Å². The minimum atomic E-state index is 0.193. The summed E-state index contributed by atoms with van der Waals surface area (Å²) in [5.41, 5.74) is 2.56. The number of ether oxygens (including phenoxy) is 2. The molecule has 2 aliphatic rings. The van der Waals surface area contributed by atoms with E-state index in [1.807, 2.05) is 12.1 Å². The van der Waals surface area contributed by atoms with Crippen molar-refractivity contribution in [1.29, 1.82) is 0 Å². The number of amides is 1. The van der Waals surface area contributed by atoms with Gasteiger partial charge in [0, 0.05) is 25.7 Å². The van der Waals surface area contributed by atoms with Crippen LogP contribution < -0.4 is 10.1 Å². The highest BCUT2D eigenvalue weighted by molar-refractivity contribution is 5.82. The second kappa shape index (κ2) is 6.91. The Balaban J connectivity index is 1.51. The molecule has 3 rings (SSSR count). The van der Waals surface area contributed by atoms with Gasteiger partial charge in [-0.25, -0.2) is 0 Å². The van der Waals surface area contributed by atoms with Crippen molar-refractivity contribution in [3.8, 4) is 5.75 Å². The number of hydrogen-bond acceptors (Lipinski definition) is 3. The number of carbonyl (C=O) groups is 1. The summed E-state index contributed by atoms with van der Waals surface area (Å²) in [6.45, 7) is 7.12. The summed E-state index contributed by atoms with van der Waals surface area (Å²) in [5, 5.41) is 3.12. The van der Waals surface area contributed by atoms with Crippen LogP contribution in [-0.4, -0.2) is 25.7 Å². The molecule has 4 heteroatoms. The van der Waals surface area contributed by atoms with Crippen LogP contribution in [0.5, 0.6) is 5.75 Å². The molecule has 1 heterocycles. The van der Waals surface area contributed by atoms with Gasteiger partial charge in [0.2, 0.25) is 5.91 Å². The molecule has 1 aliphatic heterocycles. The molecule has 1 unspecified atom stereocenters. The van der Waals surface area contributed by atoms with E-state index in [0.717, 1.165) is 62.4 Å². The van der Waals surface area contributed by atoms with E-state index in [-0.39, 0.29) is 17.2 Å². The zero-order valence-electron chi connectivity index (χ0n) is 14.2. The van der Waals surface area contributed by atoms with E-state index < -0.39 is 0 Å². The topological polar surface area (TPSA) is 47.6 Å². The SMILES string of the molecule is CCCOc1ccc(CNC(=O)C2CC23CCOCC3)c(C)c1. The largest absolute Gasteiger partial charge is 0.494 e. The number of hydrogen-bond donors (Lipinski definition) is 1. The molecule has 1 aromatic rings. The van der Waals surface area contributed by atoms with Crippen molar-refractivity contribution in [3.63, 3.8) is 0 Å². The Hall–Kier alpha value is -1.55. The summed E-state index contributed by atoms with van der Waals surface area (Å²) in [6.07, 6.45) is 4.11. The number of benzene rings is 1. The fourth-order valence-corrected chi connectivity index (χ4v) is 3.53. The predicted molar refractivity (Wildman–Crippen MR) is 89.4 cm³/mol. The van der Waals surface area contributed by atoms with Gasteiger partial charge in [-0.1, -0.05) is 13.0 Å². The van der Waals surface area contributed by atoms with E-state index in [0.29, 0.717) is 6.54 Å². The molecule has 0 bridgehead atoms. The van der Waals surface area contributed by atoms with Crippen LogP contribution in [0.4, 0.5) is 0 Å². The van der Waals surface area contributed by atoms with Crippen molar-refractivity contribution in [1.82, 2.24) is 5.32 Å². The van der Waals surface area contributed by atoms with Gasteiger partial charge in [0.25, 0.3) is 0 Å². The van der Waals surface area contributed by atoms with E-state index in [4.69, 9.17) is 9.47 Å². The van der Waals surface area contributed by atoms with Crippen LogP contribution in [-0.2, 0) is 16.1 Å². The predicted octanol–water partition coefficient (Wildman–Crippen LogP) is 3.22.